The normalized spacial score (nSPS) is 10.1. The fraction of sp³-hybridized carbons (Fsp3) is 0.300. The molecule has 0 aliphatic heterocycles. The Labute approximate surface area is 143 Å². The Balaban J connectivity index is 2.23. The van der Waals surface area contributed by atoms with E-state index in [-0.39, 0.29) is 12.5 Å². The monoisotopic (exact) mass is 321 g/mol. The zero-order chi connectivity index (χ0) is 17.5. The second-order valence-corrected chi connectivity index (χ2v) is 5.86. The van der Waals surface area contributed by atoms with E-state index in [1.54, 1.807) is 4.90 Å². The third kappa shape index (κ3) is 4.14. The lowest BCUT2D eigenvalue weighted by Gasteiger charge is -2.27. The van der Waals surface area contributed by atoms with Crippen LogP contribution in [0.2, 0.25) is 0 Å². The summed E-state index contributed by atoms with van der Waals surface area (Å²) in [6.45, 7) is 4.71. The predicted octanol–water partition coefficient (Wildman–Crippen LogP) is 3.69. The Morgan fingerprint density at radius 2 is 1.79 bits per heavy atom. The smallest absolute Gasteiger partial charge is 0.246 e. The topological polar surface area (TPSA) is 47.3 Å². The maximum absolute atomic E-state index is 12.9. The summed E-state index contributed by atoms with van der Waals surface area (Å²) >= 11 is 0. The molecule has 0 aliphatic carbocycles. The first-order chi connectivity index (χ1) is 11.5. The van der Waals surface area contributed by atoms with Crippen molar-refractivity contribution in [3.8, 4) is 6.07 Å². The Morgan fingerprint density at radius 3 is 2.46 bits per heavy atom. The van der Waals surface area contributed by atoms with Crippen LogP contribution in [0.25, 0.3) is 0 Å². The van der Waals surface area contributed by atoms with Crippen molar-refractivity contribution in [2.45, 2.75) is 20.3 Å². The fourth-order valence-electron chi connectivity index (χ4n) is 2.63. The summed E-state index contributed by atoms with van der Waals surface area (Å²) in [6, 6.07) is 17.9. The molecule has 0 aromatic heterocycles. The molecule has 0 atom stereocenters. The molecule has 0 saturated heterocycles. The predicted molar refractivity (Wildman–Crippen MR) is 98.2 cm³/mol. The summed E-state index contributed by atoms with van der Waals surface area (Å²) < 4.78 is 0. The molecule has 4 nitrogen and oxygen atoms in total. The van der Waals surface area contributed by atoms with Gasteiger partial charge in [-0.15, -0.1) is 0 Å². The highest BCUT2D eigenvalue weighted by atomic mass is 16.2. The SMILES string of the molecule is Cc1cccc(N(CCC#N)C(=O)CN(C)c2ccccc2)c1C. The summed E-state index contributed by atoms with van der Waals surface area (Å²) in [6.07, 6.45) is 0.314. The molecule has 0 unspecified atom stereocenters. The van der Waals surface area contributed by atoms with Gasteiger partial charge in [0.2, 0.25) is 5.91 Å². The molecule has 2 aromatic rings. The van der Waals surface area contributed by atoms with Gasteiger partial charge in [0, 0.05) is 25.0 Å². The number of anilines is 2. The maximum atomic E-state index is 12.9. The summed E-state index contributed by atoms with van der Waals surface area (Å²) in [7, 11) is 1.90. The molecule has 0 fully saturated rings. The molecule has 2 rings (SSSR count). The maximum Gasteiger partial charge on any atom is 0.246 e. The summed E-state index contributed by atoms with van der Waals surface area (Å²) in [5, 5.41) is 8.93. The van der Waals surface area contributed by atoms with Crippen LogP contribution in [-0.2, 0) is 4.79 Å². The second kappa shape index (κ2) is 8.16. The zero-order valence-corrected chi connectivity index (χ0v) is 14.5. The fourth-order valence-corrected chi connectivity index (χ4v) is 2.63. The number of para-hydroxylation sites is 1. The van der Waals surface area contributed by atoms with Crippen LogP contribution in [0.15, 0.2) is 48.5 Å². The average Bonchev–Trinajstić information content (AvgIpc) is 2.59. The Hall–Kier alpha value is -2.80. The van der Waals surface area contributed by atoms with Crippen molar-refractivity contribution in [3.05, 3.63) is 59.7 Å². The first kappa shape index (κ1) is 17.6. The van der Waals surface area contributed by atoms with Gasteiger partial charge in [0.05, 0.1) is 19.0 Å². The van der Waals surface area contributed by atoms with Crippen LogP contribution in [0.1, 0.15) is 17.5 Å². The minimum Gasteiger partial charge on any atom is -0.365 e. The Kier molecular flexibility index (Phi) is 5.97. The first-order valence-electron chi connectivity index (χ1n) is 8.04. The third-order valence-corrected chi connectivity index (χ3v) is 4.18. The molecule has 0 spiro atoms. The van der Waals surface area contributed by atoms with Crippen molar-refractivity contribution in [1.29, 1.82) is 5.26 Å². The number of likely N-dealkylation sites (N-methyl/N-ethyl adjacent to an activating group) is 1. The zero-order valence-electron chi connectivity index (χ0n) is 14.5. The van der Waals surface area contributed by atoms with Crippen molar-refractivity contribution in [2.24, 2.45) is 0 Å². The molecule has 1 amide bonds. The molecule has 0 bridgehead atoms. The molecular formula is C20H23N3O. The van der Waals surface area contributed by atoms with Crippen molar-refractivity contribution in [3.63, 3.8) is 0 Å². The van der Waals surface area contributed by atoms with E-state index in [1.807, 2.05) is 74.3 Å². The van der Waals surface area contributed by atoms with Crippen LogP contribution in [0.4, 0.5) is 11.4 Å². The van der Waals surface area contributed by atoms with Crippen LogP contribution in [-0.4, -0.2) is 26.0 Å². The number of amides is 1. The number of benzene rings is 2. The van der Waals surface area contributed by atoms with Gasteiger partial charge >= 0.3 is 0 Å². The van der Waals surface area contributed by atoms with Crippen LogP contribution < -0.4 is 9.80 Å². The molecule has 0 aliphatic rings. The number of aryl methyl sites for hydroxylation is 1. The summed E-state index contributed by atoms with van der Waals surface area (Å²) in [5.41, 5.74) is 4.09. The number of nitrogens with zero attached hydrogens (tertiary/aromatic N) is 3. The highest BCUT2D eigenvalue weighted by Gasteiger charge is 2.19. The number of hydrogen-bond donors (Lipinski definition) is 0. The van der Waals surface area contributed by atoms with Gasteiger partial charge in [-0.3, -0.25) is 4.79 Å². The number of hydrogen-bond acceptors (Lipinski definition) is 3. The van der Waals surface area contributed by atoms with Crippen LogP contribution in [0.3, 0.4) is 0 Å². The minimum absolute atomic E-state index is 0.00898. The van der Waals surface area contributed by atoms with E-state index >= 15 is 0 Å². The lowest BCUT2D eigenvalue weighted by molar-refractivity contribution is -0.117. The van der Waals surface area contributed by atoms with E-state index in [9.17, 15) is 4.79 Å². The van der Waals surface area contributed by atoms with Gasteiger partial charge in [-0.25, -0.2) is 0 Å². The van der Waals surface area contributed by atoms with Crippen molar-refractivity contribution < 1.29 is 4.79 Å². The number of carbonyl (C=O) groups is 1. The van der Waals surface area contributed by atoms with Gasteiger partial charge in [0.1, 0.15) is 0 Å². The highest BCUT2D eigenvalue weighted by Crippen LogP contribution is 2.23. The van der Waals surface area contributed by atoms with E-state index in [0.29, 0.717) is 13.0 Å². The van der Waals surface area contributed by atoms with Crippen molar-refractivity contribution in [1.82, 2.24) is 0 Å². The van der Waals surface area contributed by atoms with Gasteiger partial charge in [0.15, 0.2) is 0 Å². The number of carbonyl (C=O) groups excluding carboxylic acids is 1. The average molecular weight is 321 g/mol. The highest BCUT2D eigenvalue weighted by molar-refractivity contribution is 5.97. The molecule has 0 N–H and O–H groups in total. The van der Waals surface area contributed by atoms with Crippen LogP contribution in [0.5, 0.6) is 0 Å². The Bertz CT molecular complexity index is 734. The molecule has 2 aromatic carbocycles. The van der Waals surface area contributed by atoms with Crippen molar-refractivity contribution >= 4 is 17.3 Å². The summed E-state index contributed by atoms with van der Waals surface area (Å²) in [4.78, 5) is 16.5. The van der Waals surface area contributed by atoms with E-state index in [0.717, 1.165) is 22.5 Å². The molecule has 0 heterocycles. The van der Waals surface area contributed by atoms with Gasteiger partial charge in [-0.2, -0.15) is 5.26 Å². The van der Waals surface area contributed by atoms with Crippen molar-refractivity contribution in [2.75, 3.05) is 29.9 Å². The lowest BCUT2D eigenvalue weighted by atomic mass is 10.1. The van der Waals surface area contributed by atoms with E-state index in [1.165, 1.54) is 0 Å². The molecule has 4 heteroatoms. The van der Waals surface area contributed by atoms with Gasteiger partial charge in [-0.1, -0.05) is 30.3 Å². The third-order valence-electron chi connectivity index (χ3n) is 4.18. The molecule has 24 heavy (non-hydrogen) atoms. The van der Waals surface area contributed by atoms with Gasteiger partial charge in [0.25, 0.3) is 0 Å². The standard InChI is InChI=1S/C20H23N3O/c1-16-9-7-12-19(17(16)2)23(14-8-13-21)20(24)15-22(3)18-10-5-4-6-11-18/h4-7,9-12H,8,14-15H2,1-3H3. The van der Waals surface area contributed by atoms with Crippen LogP contribution in [0, 0.1) is 25.2 Å². The molecule has 124 valence electrons. The quantitative estimate of drug-likeness (QED) is 0.815. The first-order valence-corrected chi connectivity index (χ1v) is 8.04. The molecule has 0 radical (unpaired) electrons. The van der Waals surface area contributed by atoms with Gasteiger partial charge in [-0.05, 0) is 43.2 Å². The lowest BCUT2D eigenvalue weighted by Crippen LogP contribution is -2.40. The van der Waals surface area contributed by atoms with E-state index in [2.05, 4.69) is 6.07 Å². The molecular weight excluding hydrogens is 298 g/mol. The largest absolute Gasteiger partial charge is 0.365 e. The minimum atomic E-state index is -0.00898. The van der Waals surface area contributed by atoms with E-state index < -0.39 is 0 Å². The number of nitriles is 1. The van der Waals surface area contributed by atoms with Crippen LogP contribution >= 0.6 is 0 Å². The summed E-state index contributed by atoms with van der Waals surface area (Å²) in [5.74, 6) is -0.00898. The number of rotatable bonds is 6. The Morgan fingerprint density at radius 1 is 1.08 bits per heavy atom. The molecule has 0 saturated carbocycles. The second-order valence-electron chi connectivity index (χ2n) is 5.86. The van der Waals surface area contributed by atoms with Gasteiger partial charge < -0.3 is 9.80 Å². The van der Waals surface area contributed by atoms with E-state index in [4.69, 9.17) is 5.26 Å².